The molecule has 1 saturated carbocycles. The van der Waals surface area contributed by atoms with Crippen LogP contribution in [-0.4, -0.2) is 47.4 Å². The number of fused-ring (bicyclic) bond motifs is 2. The SMILES string of the molecule is O=C1CC[C@@H]2CN(C3Cc4ccccc4C3)CC[C@@H]2N1CCC1CCCCC1. The zero-order valence-electron chi connectivity index (χ0n) is 17.3. The fraction of sp³-hybridized carbons (Fsp3) is 0.720. The highest BCUT2D eigenvalue weighted by atomic mass is 16.2. The minimum absolute atomic E-state index is 0.443. The van der Waals surface area contributed by atoms with E-state index in [1.807, 2.05) is 0 Å². The quantitative estimate of drug-likeness (QED) is 0.771. The predicted octanol–water partition coefficient (Wildman–Crippen LogP) is 4.44. The number of carbonyl (C=O) groups is 1. The molecule has 2 atom stereocenters. The van der Waals surface area contributed by atoms with Crippen LogP contribution < -0.4 is 0 Å². The Morgan fingerprint density at radius 1 is 0.929 bits per heavy atom. The maximum atomic E-state index is 12.7. The molecule has 152 valence electrons. The van der Waals surface area contributed by atoms with E-state index in [4.69, 9.17) is 0 Å². The first-order chi connectivity index (χ1) is 13.8. The second-order valence-corrected chi connectivity index (χ2v) is 9.86. The Hall–Kier alpha value is -1.35. The van der Waals surface area contributed by atoms with E-state index in [-0.39, 0.29) is 0 Å². The molecule has 3 heteroatoms. The molecule has 3 nitrogen and oxygen atoms in total. The van der Waals surface area contributed by atoms with Gasteiger partial charge in [0.2, 0.25) is 5.91 Å². The number of nitrogens with zero attached hydrogens (tertiary/aromatic N) is 2. The van der Waals surface area contributed by atoms with Crippen molar-refractivity contribution in [2.75, 3.05) is 19.6 Å². The summed E-state index contributed by atoms with van der Waals surface area (Å²) in [6.07, 6.45) is 13.8. The molecular weight excluding hydrogens is 344 g/mol. The molecule has 1 aromatic carbocycles. The van der Waals surface area contributed by atoms with Gasteiger partial charge >= 0.3 is 0 Å². The van der Waals surface area contributed by atoms with Gasteiger partial charge in [0.25, 0.3) is 0 Å². The predicted molar refractivity (Wildman–Crippen MR) is 113 cm³/mol. The number of carbonyl (C=O) groups excluding carboxylic acids is 1. The number of likely N-dealkylation sites (tertiary alicyclic amines) is 2. The first-order valence-corrected chi connectivity index (χ1v) is 11.9. The van der Waals surface area contributed by atoms with Crippen LogP contribution in [0.2, 0.25) is 0 Å². The third-order valence-corrected chi connectivity index (χ3v) is 8.22. The normalized spacial score (nSPS) is 29.7. The summed E-state index contributed by atoms with van der Waals surface area (Å²) in [4.78, 5) is 17.8. The van der Waals surface area contributed by atoms with E-state index in [0.717, 1.165) is 25.3 Å². The number of rotatable bonds is 4. The highest BCUT2D eigenvalue weighted by molar-refractivity contribution is 5.77. The van der Waals surface area contributed by atoms with Gasteiger partial charge in [-0.2, -0.15) is 0 Å². The fourth-order valence-electron chi connectivity index (χ4n) is 6.59. The van der Waals surface area contributed by atoms with Crippen LogP contribution in [0.25, 0.3) is 0 Å². The maximum absolute atomic E-state index is 12.7. The molecule has 2 aliphatic heterocycles. The van der Waals surface area contributed by atoms with Crippen LogP contribution >= 0.6 is 0 Å². The average molecular weight is 381 g/mol. The third-order valence-electron chi connectivity index (χ3n) is 8.22. The van der Waals surface area contributed by atoms with Crippen molar-refractivity contribution >= 4 is 5.91 Å². The Bertz CT molecular complexity index is 671. The number of hydrogen-bond donors (Lipinski definition) is 0. The van der Waals surface area contributed by atoms with Crippen LogP contribution in [0.1, 0.15) is 68.9 Å². The standard InChI is InChI=1S/C25H36N2O/c28-25-11-10-22-18-26(23-16-20-8-4-5-9-21(20)17-23)14-13-24(22)27(25)15-12-19-6-2-1-3-7-19/h4-5,8-9,19,22-24H,1-3,6-7,10-18H2/t22-,24+/m1/s1. The molecule has 2 saturated heterocycles. The van der Waals surface area contributed by atoms with Gasteiger partial charge < -0.3 is 4.90 Å². The second-order valence-electron chi connectivity index (χ2n) is 9.86. The average Bonchev–Trinajstić information content (AvgIpc) is 3.18. The molecule has 0 radical (unpaired) electrons. The summed E-state index contributed by atoms with van der Waals surface area (Å²) in [5.74, 6) is 2.01. The summed E-state index contributed by atoms with van der Waals surface area (Å²) < 4.78 is 0. The van der Waals surface area contributed by atoms with Gasteiger partial charge in [0.1, 0.15) is 0 Å². The summed E-state index contributed by atoms with van der Waals surface area (Å²) in [6.45, 7) is 3.41. The zero-order chi connectivity index (χ0) is 18.9. The number of piperidine rings is 2. The molecule has 2 aliphatic carbocycles. The molecule has 28 heavy (non-hydrogen) atoms. The van der Waals surface area contributed by atoms with Crippen LogP contribution in [0.15, 0.2) is 24.3 Å². The van der Waals surface area contributed by atoms with Gasteiger partial charge in [-0.1, -0.05) is 56.4 Å². The Morgan fingerprint density at radius 2 is 1.68 bits per heavy atom. The molecule has 0 unspecified atom stereocenters. The molecule has 0 N–H and O–H groups in total. The van der Waals surface area contributed by atoms with Crippen LogP contribution in [0.5, 0.6) is 0 Å². The van der Waals surface area contributed by atoms with Crippen molar-refractivity contribution < 1.29 is 4.79 Å². The smallest absolute Gasteiger partial charge is 0.222 e. The first-order valence-electron chi connectivity index (χ1n) is 11.9. The number of hydrogen-bond acceptors (Lipinski definition) is 2. The monoisotopic (exact) mass is 380 g/mol. The summed E-state index contributed by atoms with van der Waals surface area (Å²) >= 11 is 0. The highest BCUT2D eigenvalue weighted by Gasteiger charge is 2.41. The van der Waals surface area contributed by atoms with Crippen molar-refractivity contribution in [2.45, 2.75) is 82.7 Å². The van der Waals surface area contributed by atoms with E-state index in [0.29, 0.717) is 23.9 Å². The van der Waals surface area contributed by atoms with E-state index in [2.05, 4.69) is 34.1 Å². The van der Waals surface area contributed by atoms with E-state index in [1.54, 1.807) is 11.1 Å². The lowest BCUT2D eigenvalue weighted by molar-refractivity contribution is -0.141. The van der Waals surface area contributed by atoms with Crippen LogP contribution in [-0.2, 0) is 17.6 Å². The molecule has 0 spiro atoms. The summed E-state index contributed by atoms with van der Waals surface area (Å²) in [5, 5.41) is 0. The third kappa shape index (κ3) is 3.75. The van der Waals surface area contributed by atoms with Gasteiger partial charge in [-0.15, -0.1) is 0 Å². The van der Waals surface area contributed by atoms with Crippen LogP contribution in [0.3, 0.4) is 0 Å². The second kappa shape index (κ2) is 8.18. The van der Waals surface area contributed by atoms with Crippen molar-refractivity contribution in [3.8, 4) is 0 Å². The van der Waals surface area contributed by atoms with Gasteiger partial charge in [-0.3, -0.25) is 9.69 Å². The molecule has 1 amide bonds. The van der Waals surface area contributed by atoms with Gasteiger partial charge in [0.05, 0.1) is 0 Å². The summed E-state index contributed by atoms with van der Waals surface area (Å²) in [7, 11) is 0. The zero-order valence-corrected chi connectivity index (χ0v) is 17.3. The lowest BCUT2D eigenvalue weighted by Gasteiger charge is -2.48. The van der Waals surface area contributed by atoms with Crippen molar-refractivity contribution in [1.82, 2.24) is 9.80 Å². The van der Waals surface area contributed by atoms with Gasteiger partial charge in [-0.05, 0) is 55.1 Å². The first kappa shape index (κ1) is 18.7. The minimum atomic E-state index is 0.443. The Kier molecular flexibility index (Phi) is 5.45. The molecule has 1 aromatic rings. The summed E-state index contributed by atoms with van der Waals surface area (Å²) in [5.41, 5.74) is 3.12. The van der Waals surface area contributed by atoms with Crippen molar-refractivity contribution in [3.05, 3.63) is 35.4 Å². The molecule has 2 heterocycles. The van der Waals surface area contributed by atoms with E-state index in [1.165, 1.54) is 70.9 Å². The number of benzene rings is 1. The van der Waals surface area contributed by atoms with E-state index in [9.17, 15) is 4.79 Å². The highest BCUT2D eigenvalue weighted by Crippen LogP contribution is 2.36. The minimum Gasteiger partial charge on any atom is -0.339 e. The van der Waals surface area contributed by atoms with E-state index < -0.39 is 0 Å². The number of amides is 1. The van der Waals surface area contributed by atoms with Crippen molar-refractivity contribution in [1.29, 1.82) is 0 Å². The molecule has 0 aromatic heterocycles. The van der Waals surface area contributed by atoms with E-state index >= 15 is 0 Å². The van der Waals surface area contributed by atoms with Crippen LogP contribution in [0, 0.1) is 11.8 Å². The van der Waals surface area contributed by atoms with Gasteiger partial charge in [-0.25, -0.2) is 0 Å². The topological polar surface area (TPSA) is 23.6 Å². The molecule has 3 fully saturated rings. The molecule has 5 rings (SSSR count). The molecular formula is C25H36N2O. The maximum Gasteiger partial charge on any atom is 0.222 e. The van der Waals surface area contributed by atoms with Crippen molar-refractivity contribution in [2.24, 2.45) is 11.8 Å². The Morgan fingerprint density at radius 3 is 2.43 bits per heavy atom. The molecule has 0 bridgehead atoms. The van der Waals surface area contributed by atoms with Gasteiger partial charge in [0, 0.05) is 38.1 Å². The largest absolute Gasteiger partial charge is 0.339 e. The fourth-order valence-corrected chi connectivity index (χ4v) is 6.59. The van der Waals surface area contributed by atoms with Crippen LogP contribution in [0.4, 0.5) is 0 Å². The van der Waals surface area contributed by atoms with Gasteiger partial charge in [0.15, 0.2) is 0 Å². The van der Waals surface area contributed by atoms with Crippen molar-refractivity contribution in [3.63, 3.8) is 0 Å². The lowest BCUT2D eigenvalue weighted by atomic mass is 9.81. The Balaban J connectivity index is 1.19. The lowest BCUT2D eigenvalue weighted by Crippen LogP contribution is -2.58. The summed E-state index contributed by atoms with van der Waals surface area (Å²) in [6, 6.07) is 10.2. The molecule has 4 aliphatic rings. The Labute approximate surface area is 170 Å².